The summed E-state index contributed by atoms with van der Waals surface area (Å²) in [5.41, 5.74) is 1.19. The minimum atomic E-state index is -0.648. The van der Waals surface area contributed by atoms with Gasteiger partial charge in [0.05, 0.1) is 0 Å². The number of fused-ring (bicyclic) bond motifs is 1. The molecule has 2 aliphatic rings. The molecule has 1 aromatic rings. The molecular formula is C17H24N2O2. The Bertz CT molecular complexity index is 477. The van der Waals surface area contributed by atoms with Crippen LogP contribution in [0.5, 0.6) is 0 Å². The van der Waals surface area contributed by atoms with Crippen molar-refractivity contribution >= 4 is 5.97 Å². The molecule has 1 aromatic heterocycles. The van der Waals surface area contributed by atoms with Gasteiger partial charge in [-0.05, 0) is 49.7 Å². The molecule has 1 saturated carbocycles. The highest BCUT2D eigenvalue weighted by molar-refractivity contribution is 5.73. The Balaban J connectivity index is 1.71. The lowest BCUT2D eigenvalue weighted by Crippen LogP contribution is -2.55. The van der Waals surface area contributed by atoms with Crippen LogP contribution in [-0.4, -0.2) is 39.6 Å². The van der Waals surface area contributed by atoms with Crippen molar-refractivity contribution in [2.45, 2.75) is 57.0 Å². The summed E-state index contributed by atoms with van der Waals surface area (Å²) in [6, 6.07) is 4.21. The van der Waals surface area contributed by atoms with Crippen LogP contribution < -0.4 is 0 Å². The van der Waals surface area contributed by atoms with Gasteiger partial charge >= 0.3 is 5.97 Å². The van der Waals surface area contributed by atoms with Crippen LogP contribution in [-0.2, 0) is 11.2 Å². The molecular weight excluding hydrogens is 264 g/mol. The van der Waals surface area contributed by atoms with E-state index in [4.69, 9.17) is 0 Å². The number of piperidine rings is 1. The number of rotatable bonds is 4. The maximum atomic E-state index is 11.6. The van der Waals surface area contributed by atoms with Gasteiger partial charge in [0, 0.05) is 25.0 Å². The molecule has 3 rings (SSSR count). The monoisotopic (exact) mass is 288 g/mol. The van der Waals surface area contributed by atoms with Gasteiger partial charge in [-0.25, -0.2) is 0 Å². The molecule has 3 atom stereocenters. The molecule has 0 spiro atoms. The normalized spacial score (nSPS) is 29.8. The van der Waals surface area contributed by atoms with Gasteiger partial charge < -0.3 is 5.11 Å². The topological polar surface area (TPSA) is 53.4 Å². The Morgan fingerprint density at radius 3 is 2.90 bits per heavy atom. The van der Waals surface area contributed by atoms with Crippen LogP contribution in [0.15, 0.2) is 24.5 Å². The highest BCUT2D eigenvalue weighted by atomic mass is 16.4. The first-order chi connectivity index (χ1) is 10.3. The summed E-state index contributed by atoms with van der Waals surface area (Å²) in [5, 5.41) is 9.54. The van der Waals surface area contributed by atoms with E-state index in [1.54, 1.807) is 6.20 Å². The molecule has 1 saturated heterocycles. The van der Waals surface area contributed by atoms with Crippen LogP contribution in [0, 0.1) is 5.92 Å². The van der Waals surface area contributed by atoms with Crippen LogP contribution in [0.25, 0.3) is 0 Å². The van der Waals surface area contributed by atoms with Crippen molar-refractivity contribution in [3.8, 4) is 0 Å². The van der Waals surface area contributed by atoms with Gasteiger partial charge in [0.2, 0.25) is 0 Å². The standard InChI is InChI=1S/C17H24N2O2/c20-17(21)16-8-7-14-5-1-2-6-15(14)19(16)11-9-13-4-3-10-18-12-13/h3-4,10,12,14-16H,1-2,5-9,11H2,(H,20,21). The van der Waals surface area contributed by atoms with E-state index in [9.17, 15) is 9.90 Å². The molecule has 2 fully saturated rings. The van der Waals surface area contributed by atoms with Crippen molar-refractivity contribution in [3.05, 3.63) is 30.1 Å². The van der Waals surface area contributed by atoms with Gasteiger partial charge in [0.15, 0.2) is 0 Å². The SMILES string of the molecule is O=C(O)C1CCC2CCCCC2N1CCc1cccnc1. The number of hydrogen-bond donors (Lipinski definition) is 1. The molecule has 114 valence electrons. The number of carbonyl (C=O) groups is 1. The van der Waals surface area contributed by atoms with E-state index >= 15 is 0 Å². The molecule has 1 N–H and O–H groups in total. The zero-order valence-corrected chi connectivity index (χ0v) is 12.4. The number of aliphatic carboxylic acids is 1. The minimum absolute atomic E-state index is 0.291. The second kappa shape index (κ2) is 6.56. The number of aromatic nitrogens is 1. The lowest BCUT2D eigenvalue weighted by molar-refractivity contribution is -0.148. The lowest BCUT2D eigenvalue weighted by Gasteiger charge is -2.47. The van der Waals surface area contributed by atoms with E-state index < -0.39 is 5.97 Å². The molecule has 21 heavy (non-hydrogen) atoms. The van der Waals surface area contributed by atoms with E-state index in [0.717, 1.165) is 25.8 Å². The average Bonchev–Trinajstić information content (AvgIpc) is 2.53. The summed E-state index contributed by atoms with van der Waals surface area (Å²) < 4.78 is 0. The molecule has 4 nitrogen and oxygen atoms in total. The third kappa shape index (κ3) is 3.26. The predicted molar refractivity (Wildman–Crippen MR) is 81.1 cm³/mol. The number of hydrogen-bond acceptors (Lipinski definition) is 3. The molecule has 0 amide bonds. The van der Waals surface area contributed by atoms with Crippen molar-refractivity contribution in [2.75, 3.05) is 6.54 Å². The van der Waals surface area contributed by atoms with Crippen LogP contribution in [0.2, 0.25) is 0 Å². The Hall–Kier alpha value is -1.42. The summed E-state index contributed by atoms with van der Waals surface area (Å²) in [5.74, 6) is 0.0634. The lowest BCUT2D eigenvalue weighted by atomic mass is 9.76. The van der Waals surface area contributed by atoms with E-state index in [2.05, 4.69) is 16.0 Å². The maximum absolute atomic E-state index is 11.6. The number of nitrogens with zero attached hydrogens (tertiary/aromatic N) is 2. The van der Waals surface area contributed by atoms with E-state index in [0.29, 0.717) is 12.0 Å². The fourth-order valence-electron chi connectivity index (χ4n) is 4.12. The first-order valence-corrected chi connectivity index (χ1v) is 8.13. The Labute approximate surface area is 126 Å². The highest BCUT2D eigenvalue weighted by Crippen LogP contribution is 2.37. The molecule has 0 bridgehead atoms. The molecule has 2 heterocycles. The Kier molecular flexibility index (Phi) is 4.54. The van der Waals surface area contributed by atoms with Gasteiger partial charge in [-0.1, -0.05) is 18.9 Å². The molecule has 1 aliphatic heterocycles. The summed E-state index contributed by atoms with van der Waals surface area (Å²) in [7, 11) is 0. The smallest absolute Gasteiger partial charge is 0.320 e. The summed E-state index contributed by atoms with van der Waals surface area (Å²) in [6.45, 7) is 0.837. The average molecular weight is 288 g/mol. The number of carboxylic acids is 1. The van der Waals surface area contributed by atoms with Crippen molar-refractivity contribution in [1.82, 2.24) is 9.88 Å². The summed E-state index contributed by atoms with van der Waals surface area (Å²) >= 11 is 0. The van der Waals surface area contributed by atoms with Gasteiger partial charge in [-0.2, -0.15) is 0 Å². The van der Waals surface area contributed by atoms with Crippen molar-refractivity contribution in [1.29, 1.82) is 0 Å². The number of likely N-dealkylation sites (tertiary alicyclic amines) is 1. The first-order valence-electron chi connectivity index (χ1n) is 8.13. The van der Waals surface area contributed by atoms with E-state index in [1.165, 1.54) is 31.2 Å². The zero-order chi connectivity index (χ0) is 14.7. The maximum Gasteiger partial charge on any atom is 0.320 e. The molecule has 3 unspecified atom stereocenters. The predicted octanol–water partition coefficient (Wildman–Crippen LogP) is 2.73. The third-order valence-electron chi connectivity index (χ3n) is 5.17. The van der Waals surface area contributed by atoms with Crippen LogP contribution in [0.1, 0.15) is 44.1 Å². The first kappa shape index (κ1) is 14.5. The Morgan fingerprint density at radius 1 is 1.29 bits per heavy atom. The van der Waals surface area contributed by atoms with Gasteiger partial charge in [0.25, 0.3) is 0 Å². The van der Waals surface area contributed by atoms with Crippen LogP contribution in [0.4, 0.5) is 0 Å². The number of pyridine rings is 1. The van der Waals surface area contributed by atoms with Crippen LogP contribution >= 0.6 is 0 Å². The quantitative estimate of drug-likeness (QED) is 0.925. The van der Waals surface area contributed by atoms with Crippen molar-refractivity contribution < 1.29 is 9.90 Å². The van der Waals surface area contributed by atoms with Gasteiger partial charge in [0.1, 0.15) is 6.04 Å². The summed E-state index contributed by atoms with van der Waals surface area (Å²) in [6.07, 6.45) is 11.5. The zero-order valence-electron chi connectivity index (χ0n) is 12.4. The van der Waals surface area contributed by atoms with Crippen LogP contribution in [0.3, 0.4) is 0 Å². The van der Waals surface area contributed by atoms with E-state index in [1.807, 2.05) is 12.3 Å². The van der Waals surface area contributed by atoms with Crippen molar-refractivity contribution in [2.24, 2.45) is 5.92 Å². The fraction of sp³-hybridized carbons (Fsp3) is 0.647. The molecule has 4 heteroatoms. The van der Waals surface area contributed by atoms with E-state index in [-0.39, 0.29) is 6.04 Å². The Morgan fingerprint density at radius 2 is 2.14 bits per heavy atom. The van der Waals surface area contributed by atoms with Gasteiger partial charge in [-0.15, -0.1) is 0 Å². The minimum Gasteiger partial charge on any atom is -0.480 e. The largest absolute Gasteiger partial charge is 0.480 e. The second-order valence-electron chi connectivity index (χ2n) is 6.39. The second-order valence-corrected chi connectivity index (χ2v) is 6.39. The highest BCUT2D eigenvalue weighted by Gasteiger charge is 2.40. The van der Waals surface area contributed by atoms with Gasteiger partial charge in [-0.3, -0.25) is 14.7 Å². The molecule has 1 aliphatic carbocycles. The summed E-state index contributed by atoms with van der Waals surface area (Å²) in [4.78, 5) is 18.0. The molecule has 0 aromatic carbocycles. The van der Waals surface area contributed by atoms with Crippen molar-refractivity contribution in [3.63, 3.8) is 0 Å². The third-order valence-corrected chi connectivity index (χ3v) is 5.17. The number of carboxylic acid groups (broad SMARTS) is 1. The fourth-order valence-corrected chi connectivity index (χ4v) is 4.12. The molecule has 0 radical (unpaired) electrons.